The molecule has 0 unspecified atom stereocenters. The van der Waals surface area contributed by atoms with E-state index >= 15 is 0 Å². The maximum Gasteiger partial charge on any atom is 0.271 e. The minimum absolute atomic E-state index is 0.0865. The van der Waals surface area contributed by atoms with Crippen molar-refractivity contribution in [1.29, 1.82) is 0 Å². The van der Waals surface area contributed by atoms with E-state index < -0.39 is 11.6 Å². The minimum Gasteiger partial charge on any atom is -0.333 e. The van der Waals surface area contributed by atoms with Crippen molar-refractivity contribution >= 4 is 16.9 Å². The van der Waals surface area contributed by atoms with Crippen LogP contribution in [0.4, 0.5) is 8.78 Å². The Bertz CT molecular complexity index is 1020. The molecule has 1 amide bonds. The fourth-order valence-corrected chi connectivity index (χ4v) is 3.75. The number of halogens is 2. The summed E-state index contributed by atoms with van der Waals surface area (Å²) >= 11 is 0. The third-order valence-corrected chi connectivity index (χ3v) is 5.03. The summed E-state index contributed by atoms with van der Waals surface area (Å²) in [6.07, 6.45) is 3.62. The zero-order valence-corrected chi connectivity index (χ0v) is 13.4. The molecule has 126 valence electrons. The van der Waals surface area contributed by atoms with Gasteiger partial charge in [0.1, 0.15) is 17.3 Å². The average molecular weight is 339 g/mol. The van der Waals surface area contributed by atoms with Gasteiger partial charge in [0, 0.05) is 36.5 Å². The number of amides is 1. The lowest BCUT2D eigenvalue weighted by Crippen LogP contribution is -2.41. The maximum absolute atomic E-state index is 14.5. The Hall–Kier alpha value is -2.76. The van der Waals surface area contributed by atoms with Crippen LogP contribution in [-0.2, 0) is 6.54 Å². The average Bonchev–Trinajstić information content (AvgIpc) is 3.39. The fourth-order valence-electron chi connectivity index (χ4n) is 3.75. The lowest BCUT2D eigenvalue weighted by molar-refractivity contribution is 0.0694. The second kappa shape index (κ2) is 5.12. The van der Waals surface area contributed by atoms with E-state index in [1.54, 1.807) is 12.3 Å². The highest BCUT2D eigenvalue weighted by Crippen LogP contribution is 2.39. The van der Waals surface area contributed by atoms with E-state index in [-0.39, 0.29) is 17.5 Å². The third kappa shape index (κ3) is 2.10. The van der Waals surface area contributed by atoms with Crippen molar-refractivity contribution in [3.8, 4) is 11.1 Å². The van der Waals surface area contributed by atoms with Crippen LogP contribution in [0.25, 0.3) is 22.2 Å². The summed E-state index contributed by atoms with van der Waals surface area (Å²) in [6.45, 7) is 1.27. The van der Waals surface area contributed by atoms with Crippen molar-refractivity contribution in [2.24, 2.45) is 0 Å². The molecular weight excluding hydrogens is 324 g/mol. The number of nitrogens with zero attached hydrogens (tertiary/aromatic N) is 3. The first-order chi connectivity index (χ1) is 12.1. The Kier molecular flexibility index (Phi) is 2.98. The van der Waals surface area contributed by atoms with Crippen molar-refractivity contribution in [1.82, 2.24) is 14.5 Å². The standard InChI is InChI=1S/C19H15F2N3O/c20-11-3-6-14(21)13(10-11)16-17-15(2-1-7-22-17)24-9-8-23(12-4-5-12)19(25)18(16)24/h1-3,6-7,10,12H,4-5,8-9H2. The van der Waals surface area contributed by atoms with Crippen LogP contribution in [0, 0.1) is 11.6 Å². The van der Waals surface area contributed by atoms with Crippen LogP contribution in [-0.4, -0.2) is 32.9 Å². The van der Waals surface area contributed by atoms with Gasteiger partial charge < -0.3 is 9.47 Å². The second-order valence-corrected chi connectivity index (χ2v) is 6.60. The first kappa shape index (κ1) is 14.6. The SMILES string of the molecule is O=C1c2c(-c3cc(F)ccc3F)c3ncccc3n2CCN1C1CC1. The van der Waals surface area contributed by atoms with Gasteiger partial charge in [-0.05, 0) is 43.2 Å². The zero-order valence-electron chi connectivity index (χ0n) is 13.4. The minimum atomic E-state index is -0.557. The quantitative estimate of drug-likeness (QED) is 0.715. The van der Waals surface area contributed by atoms with Crippen LogP contribution < -0.4 is 0 Å². The molecule has 0 atom stereocenters. The fraction of sp³-hybridized carbons (Fsp3) is 0.263. The van der Waals surface area contributed by atoms with E-state index in [1.807, 2.05) is 15.5 Å². The summed E-state index contributed by atoms with van der Waals surface area (Å²) in [5, 5.41) is 0. The number of fused-ring (bicyclic) bond motifs is 3. The smallest absolute Gasteiger partial charge is 0.271 e. The zero-order chi connectivity index (χ0) is 17.1. The molecule has 1 saturated carbocycles. The lowest BCUT2D eigenvalue weighted by Gasteiger charge is -2.29. The van der Waals surface area contributed by atoms with Gasteiger partial charge in [0.15, 0.2) is 0 Å². The summed E-state index contributed by atoms with van der Waals surface area (Å²) < 4.78 is 30.2. The van der Waals surface area contributed by atoms with E-state index in [0.717, 1.165) is 36.6 Å². The highest BCUT2D eigenvalue weighted by Gasteiger charge is 2.39. The van der Waals surface area contributed by atoms with Crippen LogP contribution >= 0.6 is 0 Å². The molecule has 2 aromatic heterocycles. The molecule has 3 aromatic rings. The van der Waals surface area contributed by atoms with Crippen LogP contribution in [0.3, 0.4) is 0 Å². The Balaban J connectivity index is 1.83. The largest absolute Gasteiger partial charge is 0.333 e. The van der Waals surface area contributed by atoms with Crippen LogP contribution in [0.2, 0.25) is 0 Å². The molecule has 1 aliphatic heterocycles. The molecule has 0 bridgehead atoms. The van der Waals surface area contributed by atoms with Gasteiger partial charge in [0.05, 0.1) is 11.0 Å². The predicted molar refractivity (Wildman–Crippen MR) is 89.1 cm³/mol. The lowest BCUT2D eigenvalue weighted by atomic mass is 10.0. The highest BCUT2D eigenvalue weighted by molar-refractivity contribution is 6.09. The number of hydrogen-bond donors (Lipinski definition) is 0. The molecule has 1 aliphatic carbocycles. The topological polar surface area (TPSA) is 38.1 Å². The number of carbonyl (C=O) groups excluding carboxylic acids is 1. The Morgan fingerprint density at radius 2 is 1.96 bits per heavy atom. The number of hydrogen-bond acceptors (Lipinski definition) is 2. The summed E-state index contributed by atoms with van der Waals surface area (Å²) in [6, 6.07) is 7.25. The molecule has 3 heterocycles. The van der Waals surface area contributed by atoms with Gasteiger partial charge in [0.25, 0.3) is 5.91 Å². The summed E-state index contributed by atoms with van der Waals surface area (Å²) in [5.74, 6) is -1.22. The molecule has 0 N–H and O–H groups in total. The van der Waals surface area contributed by atoms with Gasteiger partial charge in [-0.15, -0.1) is 0 Å². The van der Waals surface area contributed by atoms with Gasteiger partial charge in [-0.1, -0.05) is 0 Å². The van der Waals surface area contributed by atoms with E-state index in [0.29, 0.717) is 29.9 Å². The van der Waals surface area contributed by atoms with E-state index in [1.165, 1.54) is 0 Å². The second-order valence-electron chi connectivity index (χ2n) is 6.60. The predicted octanol–water partition coefficient (Wildman–Crippen LogP) is 3.60. The van der Waals surface area contributed by atoms with Gasteiger partial charge in [0.2, 0.25) is 0 Å². The van der Waals surface area contributed by atoms with E-state index in [2.05, 4.69) is 4.98 Å². The molecule has 4 nitrogen and oxygen atoms in total. The van der Waals surface area contributed by atoms with Crippen LogP contribution in [0.5, 0.6) is 0 Å². The molecule has 6 heteroatoms. The highest BCUT2D eigenvalue weighted by atomic mass is 19.1. The van der Waals surface area contributed by atoms with Gasteiger partial charge in [-0.3, -0.25) is 9.78 Å². The van der Waals surface area contributed by atoms with Crippen molar-refractivity contribution in [3.05, 3.63) is 53.9 Å². The third-order valence-electron chi connectivity index (χ3n) is 5.03. The van der Waals surface area contributed by atoms with Crippen molar-refractivity contribution in [3.63, 3.8) is 0 Å². The first-order valence-corrected chi connectivity index (χ1v) is 8.39. The number of carbonyl (C=O) groups is 1. The first-order valence-electron chi connectivity index (χ1n) is 8.39. The molecule has 5 rings (SSSR count). The summed E-state index contributed by atoms with van der Waals surface area (Å²) in [5.41, 5.74) is 2.20. The monoisotopic (exact) mass is 339 g/mol. The van der Waals surface area contributed by atoms with E-state index in [4.69, 9.17) is 0 Å². The Labute approximate surface area is 142 Å². The molecule has 0 spiro atoms. The van der Waals surface area contributed by atoms with E-state index in [9.17, 15) is 13.6 Å². The summed E-state index contributed by atoms with van der Waals surface area (Å²) in [4.78, 5) is 19.3. The van der Waals surface area contributed by atoms with Crippen molar-refractivity contribution < 1.29 is 13.6 Å². The number of benzene rings is 1. The van der Waals surface area contributed by atoms with Gasteiger partial charge >= 0.3 is 0 Å². The molecular formula is C19H15F2N3O. The Morgan fingerprint density at radius 3 is 2.76 bits per heavy atom. The summed E-state index contributed by atoms with van der Waals surface area (Å²) in [7, 11) is 0. The normalized spacial score (nSPS) is 17.2. The molecule has 1 aromatic carbocycles. The van der Waals surface area contributed by atoms with Crippen LogP contribution in [0.1, 0.15) is 23.3 Å². The Morgan fingerprint density at radius 1 is 1.12 bits per heavy atom. The maximum atomic E-state index is 14.5. The molecule has 0 radical (unpaired) electrons. The number of rotatable bonds is 2. The molecule has 2 aliphatic rings. The molecule has 0 saturated heterocycles. The van der Waals surface area contributed by atoms with Crippen LogP contribution in [0.15, 0.2) is 36.5 Å². The van der Waals surface area contributed by atoms with Gasteiger partial charge in [-0.25, -0.2) is 8.78 Å². The molecule has 25 heavy (non-hydrogen) atoms. The van der Waals surface area contributed by atoms with Crippen molar-refractivity contribution in [2.45, 2.75) is 25.4 Å². The van der Waals surface area contributed by atoms with Gasteiger partial charge in [-0.2, -0.15) is 0 Å². The van der Waals surface area contributed by atoms with Crippen molar-refractivity contribution in [2.75, 3.05) is 6.54 Å². The number of aromatic nitrogens is 2. The molecule has 1 fully saturated rings. The number of pyridine rings is 1.